The van der Waals surface area contributed by atoms with E-state index in [0.29, 0.717) is 24.7 Å². The first kappa shape index (κ1) is 16.6. The predicted octanol–water partition coefficient (Wildman–Crippen LogP) is 2.52. The van der Waals surface area contributed by atoms with Gasteiger partial charge in [-0.3, -0.25) is 4.79 Å². The SMILES string of the molecule is CNCCN(C)C(=O)c1ccoc1CN1c2ccccc2CC1C. The second-order valence-corrected chi connectivity index (χ2v) is 6.40. The van der Waals surface area contributed by atoms with E-state index in [2.05, 4.69) is 41.4 Å². The van der Waals surface area contributed by atoms with Gasteiger partial charge in [0.1, 0.15) is 5.76 Å². The summed E-state index contributed by atoms with van der Waals surface area (Å²) < 4.78 is 5.66. The molecule has 2 heterocycles. The minimum atomic E-state index is 0.00846. The molecule has 0 fully saturated rings. The second kappa shape index (κ2) is 7.09. The molecule has 1 aliphatic heterocycles. The third-order valence-electron chi connectivity index (χ3n) is 4.68. The highest BCUT2D eigenvalue weighted by molar-refractivity contribution is 5.95. The average molecular weight is 327 g/mol. The largest absolute Gasteiger partial charge is 0.467 e. The number of nitrogens with zero attached hydrogens (tertiary/aromatic N) is 2. The van der Waals surface area contributed by atoms with Crippen molar-refractivity contribution in [3.8, 4) is 0 Å². The number of fused-ring (bicyclic) bond motifs is 1. The fourth-order valence-corrected chi connectivity index (χ4v) is 3.27. The standard InChI is InChI=1S/C19H25N3O2/c1-14-12-15-6-4-5-7-17(15)22(14)13-18-16(8-11-24-18)19(23)21(3)10-9-20-2/h4-8,11,14,20H,9-10,12-13H2,1-3H3. The summed E-state index contributed by atoms with van der Waals surface area (Å²) in [7, 11) is 3.71. The first-order chi connectivity index (χ1) is 11.6. The van der Waals surface area contributed by atoms with Crippen LogP contribution in [0.1, 0.15) is 28.6 Å². The predicted molar refractivity (Wildman–Crippen MR) is 95.4 cm³/mol. The van der Waals surface area contributed by atoms with E-state index in [9.17, 15) is 4.79 Å². The Morgan fingerprint density at radius 3 is 2.96 bits per heavy atom. The number of hydrogen-bond donors (Lipinski definition) is 1. The fraction of sp³-hybridized carbons (Fsp3) is 0.421. The van der Waals surface area contributed by atoms with Crippen LogP contribution in [0.25, 0.3) is 0 Å². The highest BCUT2D eigenvalue weighted by atomic mass is 16.3. The van der Waals surface area contributed by atoms with Crippen molar-refractivity contribution < 1.29 is 9.21 Å². The molecule has 0 aliphatic carbocycles. The lowest BCUT2D eigenvalue weighted by Crippen LogP contribution is -2.34. The Morgan fingerprint density at radius 2 is 2.17 bits per heavy atom. The van der Waals surface area contributed by atoms with Crippen LogP contribution >= 0.6 is 0 Å². The summed E-state index contributed by atoms with van der Waals surface area (Å²) in [5.74, 6) is 0.744. The number of carbonyl (C=O) groups is 1. The van der Waals surface area contributed by atoms with Crippen LogP contribution in [0.15, 0.2) is 41.0 Å². The molecule has 1 amide bonds. The number of furan rings is 1. The molecule has 128 valence electrons. The molecule has 0 bridgehead atoms. The van der Waals surface area contributed by atoms with Crippen molar-refractivity contribution in [3.63, 3.8) is 0 Å². The minimum Gasteiger partial charge on any atom is -0.467 e. The molecule has 1 aromatic heterocycles. The molecule has 1 aliphatic rings. The molecule has 5 nitrogen and oxygen atoms in total. The topological polar surface area (TPSA) is 48.7 Å². The molecule has 2 aromatic rings. The van der Waals surface area contributed by atoms with E-state index in [-0.39, 0.29) is 5.91 Å². The lowest BCUT2D eigenvalue weighted by molar-refractivity contribution is 0.0794. The molecular formula is C19H25N3O2. The molecule has 1 atom stereocenters. The van der Waals surface area contributed by atoms with Gasteiger partial charge in [0.2, 0.25) is 0 Å². The third kappa shape index (κ3) is 3.17. The van der Waals surface area contributed by atoms with Gasteiger partial charge in [0, 0.05) is 31.9 Å². The molecule has 3 rings (SSSR count). The maximum absolute atomic E-state index is 12.7. The van der Waals surface area contributed by atoms with Gasteiger partial charge in [-0.15, -0.1) is 0 Å². The number of likely N-dealkylation sites (N-methyl/N-ethyl adjacent to an activating group) is 2. The zero-order chi connectivity index (χ0) is 17.1. The Bertz CT molecular complexity index is 710. The molecule has 1 unspecified atom stereocenters. The van der Waals surface area contributed by atoms with Gasteiger partial charge in [-0.05, 0) is 38.1 Å². The quantitative estimate of drug-likeness (QED) is 0.886. The normalized spacial score (nSPS) is 16.3. The van der Waals surface area contributed by atoms with Crippen molar-refractivity contribution in [3.05, 3.63) is 53.5 Å². The van der Waals surface area contributed by atoms with Crippen LogP contribution in [0.3, 0.4) is 0 Å². The van der Waals surface area contributed by atoms with E-state index >= 15 is 0 Å². The monoisotopic (exact) mass is 327 g/mol. The van der Waals surface area contributed by atoms with Crippen molar-refractivity contribution in [2.24, 2.45) is 0 Å². The number of nitrogens with one attached hydrogen (secondary N) is 1. The van der Waals surface area contributed by atoms with Gasteiger partial charge in [0.25, 0.3) is 5.91 Å². The number of para-hydroxylation sites is 1. The van der Waals surface area contributed by atoms with Crippen molar-refractivity contribution in [1.29, 1.82) is 0 Å². The van der Waals surface area contributed by atoms with E-state index in [0.717, 1.165) is 18.7 Å². The van der Waals surface area contributed by atoms with Crippen LogP contribution in [-0.2, 0) is 13.0 Å². The van der Waals surface area contributed by atoms with Gasteiger partial charge in [0.15, 0.2) is 0 Å². The molecule has 0 radical (unpaired) electrons. The van der Waals surface area contributed by atoms with E-state index in [1.165, 1.54) is 11.3 Å². The summed E-state index contributed by atoms with van der Waals surface area (Å²) in [5.41, 5.74) is 3.25. The lowest BCUT2D eigenvalue weighted by atomic mass is 10.1. The molecular weight excluding hydrogens is 302 g/mol. The van der Waals surface area contributed by atoms with Crippen molar-refractivity contribution in [2.75, 3.05) is 32.1 Å². The highest BCUT2D eigenvalue weighted by Crippen LogP contribution is 2.33. The van der Waals surface area contributed by atoms with Crippen molar-refractivity contribution >= 4 is 11.6 Å². The Kier molecular flexibility index (Phi) is 4.90. The number of hydrogen-bond acceptors (Lipinski definition) is 4. The van der Waals surface area contributed by atoms with E-state index in [4.69, 9.17) is 4.42 Å². The first-order valence-electron chi connectivity index (χ1n) is 8.42. The zero-order valence-electron chi connectivity index (χ0n) is 14.6. The van der Waals surface area contributed by atoms with E-state index in [1.54, 1.807) is 17.2 Å². The number of anilines is 1. The molecule has 5 heteroatoms. The number of carbonyl (C=O) groups excluding carboxylic acids is 1. The zero-order valence-corrected chi connectivity index (χ0v) is 14.6. The van der Waals surface area contributed by atoms with Gasteiger partial charge < -0.3 is 19.5 Å². The minimum absolute atomic E-state index is 0.00846. The van der Waals surface area contributed by atoms with Crippen LogP contribution in [0.4, 0.5) is 5.69 Å². The maximum atomic E-state index is 12.7. The summed E-state index contributed by atoms with van der Waals surface area (Å²) in [5, 5.41) is 3.06. The van der Waals surface area contributed by atoms with Crippen LogP contribution in [0.5, 0.6) is 0 Å². The third-order valence-corrected chi connectivity index (χ3v) is 4.68. The molecule has 0 saturated heterocycles. The summed E-state index contributed by atoms with van der Waals surface area (Å²) in [4.78, 5) is 16.7. The van der Waals surface area contributed by atoms with Gasteiger partial charge in [-0.25, -0.2) is 0 Å². The average Bonchev–Trinajstić information content (AvgIpc) is 3.17. The number of amides is 1. The first-order valence-corrected chi connectivity index (χ1v) is 8.42. The summed E-state index contributed by atoms with van der Waals surface area (Å²) in [6.07, 6.45) is 2.64. The van der Waals surface area contributed by atoms with Crippen LogP contribution in [0.2, 0.25) is 0 Å². The highest BCUT2D eigenvalue weighted by Gasteiger charge is 2.28. The fourth-order valence-electron chi connectivity index (χ4n) is 3.27. The van der Waals surface area contributed by atoms with Crippen LogP contribution in [0, 0.1) is 0 Å². The molecule has 1 N–H and O–H groups in total. The van der Waals surface area contributed by atoms with Gasteiger partial charge in [-0.1, -0.05) is 18.2 Å². The maximum Gasteiger partial charge on any atom is 0.257 e. The molecule has 0 spiro atoms. The van der Waals surface area contributed by atoms with Crippen molar-refractivity contribution in [1.82, 2.24) is 10.2 Å². The van der Waals surface area contributed by atoms with E-state index < -0.39 is 0 Å². The lowest BCUT2D eigenvalue weighted by Gasteiger charge is -2.24. The van der Waals surface area contributed by atoms with Gasteiger partial charge in [0.05, 0.1) is 18.4 Å². The van der Waals surface area contributed by atoms with Crippen LogP contribution in [-0.4, -0.2) is 44.0 Å². The smallest absolute Gasteiger partial charge is 0.257 e. The second-order valence-electron chi connectivity index (χ2n) is 6.40. The molecule has 24 heavy (non-hydrogen) atoms. The Morgan fingerprint density at radius 1 is 1.38 bits per heavy atom. The van der Waals surface area contributed by atoms with Gasteiger partial charge in [-0.2, -0.15) is 0 Å². The summed E-state index contributed by atoms with van der Waals surface area (Å²) in [6, 6.07) is 10.6. The molecule has 1 aromatic carbocycles. The number of rotatable bonds is 6. The van der Waals surface area contributed by atoms with Crippen molar-refractivity contribution in [2.45, 2.75) is 25.9 Å². The molecule has 0 saturated carbocycles. The summed E-state index contributed by atoms with van der Waals surface area (Å²) in [6.45, 7) is 4.27. The number of benzene rings is 1. The Balaban J connectivity index is 1.78. The van der Waals surface area contributed by atoms with Crippen LogP contribution < -0.4 is 10.2 Å². The Hall–Kier alpha value is -2.27. The van der Waals surface area contributed by atoms with E-state index in [1.807, 2.05) is 14.1 Å². The Labute approximate surface area is 143 Å². The summed E-state index contributed by atoms with van der Waals surface area (Å²) >= 11 is 0. The van der Waals surface area contributed by atoms with Gasteiger partial charge >= 0.3 is 0 Å².